The van der Waals surface area contributed by atoms with Gasteiger partial charge in [-0.25, -0.2) is 0 Å². The minimum Gasteiger partial charge on any atom is -0.348 e. The monoisotopic (exact) mass is 350 g/mol. The number of aromatic amines is 1. The molecule has 0 aliphatic rings. The first-order valence-corrected chi connectivity index (χ1v) is 6.26. The fourth-order valence-electron chi connectivity index (χ4n) is 1.84. The molecule has 0 saturated carbocycles. The van der Waals surface area contributed by atoms with Gasteiger partial charge in [0.05, 0.1) is 16.8 Å². The van der Waals surface area contributed by atoms with Crippen molar-refractivity contribution in [2.75, 3.05) is 5.32 Å². The number of halogens is 6. The SMILES string of the molecule is O=Cc1ccc(C(=O)Nc2cc(C(F)(F)F)cc(C(F)(F)F)c2)[nH]1. The van der Waals surface area contributed by atoms with E-state index < -0.39 is 35.1 Å². The van der Waals surface area contributed by atoms with Crippen molar-refractivity contribution in [3.05, 3.63) is 52.8 Å². The Morgan fingerprint density at radius 1 is 0.958 bits per heavy atom. The maximum Gasteiger partial charge on any atom is 0.416 e. The summed E-state index contributed by atoms with van der Waals surface area (Å²) in [6.07, 6.45) is -9.64. The van der Waals surface area contributed by atoms with Gasteiger partial charge in [0.1, 0.15) is 5.69 Å². The molecule has 1 amide bonds. The van der Waals surface area contributed by atoms with Crippen LogP contribution < -0.4 is 5.32 Å². The Hall–Kier alpha value is -2.78. The van der Waals surface area contributed by atoms with Gasteiger partial charge in [0.15, 0.2) is 6.29 Å². The second-order valence-corrected chi connectivity index (χ2v) is 4.69. The van der Waals surface area contributed by atoms with Gasteiger partial charge in [-0.15, -0.1) is 0 Å². The summed E-state index contributed by atoms with van der Waals surface area (Å²) >= 11 is 0. The number of carbonyl (C=O) groups is 2. The molecule has 4 nitrogen and oxygen atoms in total. The Labute approximate surface area is 130 Å². The highest BCUT2D eigenvalue weighted by Crippen LogP contribution is 2.37. The molecule has 1 aromatic heterocycles. The minimum absolute atomic E-state index is 0.0279. The van der Waals surface area contributed by atoms with Gasteiger partial charge in [-0.2, -0.15) is 26.3 Å². The van der Waals surface area contributed by atoms with Crippen LogP contribution in [0.4, 0.5) is 32.0 Å². The molecule has 0 atom stereocenters. The van der Waals surface area contributed by atoms with Gasteiger partial charge in [0.25, 0.3) is 5.91 Å². The van der Waals surface area contributed by atoms with Crippen LogP contribution in [0.2, 0.25) is 0 Å². The smallest absolute Gasteiger partial charge is 0.348 e. The molecule has 0 radical (unpaired) electrons. The first-order valence-electron chi connectivity index (χ1n) is 6.26. The fourth-order valence-corrected chi connectivity index (χ4v) is 1.84. The van der Waals surface area contributed by atoms with E-state index in [4.69, 9.17) is 0 Å². The Bertz CT molecular complexity index is 744. The van der Waals surface area contributed by atoms with Gasteiger partial charge in [0, 0.05) is 5.69 Å². The van der Waals surface area contributed by atoms with Gasteiger partial charge < -0.3 is 10.3 Å². The zero-order valence-electron chi connectivity index (χ0n) is 11.5. The number of anilines is 1. The number of benzene rings is 1. The molecule has 1 aromatic carbocycles. The number of H-pyrrole nitrogens is 1. The van der Waals surface area contributed by atoms with E-state index in [9.17, 15) is 35.9 Å². The van der Waals surface area contributed by atoms with E-state index in [2.05, 4.69) is 4.98 Å². The van der Waals surface area contributed by atoms with Crippen LogP contribution in [0.1, 0.15) is 32.1 Å². The molecule has 128 valence electrons. The van der Waals surface area contributed by atoms with Crippen LogP contribution >= 0.6 is 0 Å². The van der Waals surface area contributed by atoms with E-state index in [1.807, 2.05) is 5.32 Å². The maximum atomic E-state index is 12.7. The Kier molecular flexibility index (Phi) is 4.41. The van der Waals surface area contributed by atoms with Gasteiger partial charge in [-0.3, -0.25) is 9.59 Å². The van der Waals surface area contributed by atoms with Gasteiger partial charge in [-0.1, -0.05) is 0 Å². The molecule has 0 unspecified atom stereocenters. The van der Waals surface area contributed by atoms with Crippen LogP contribution in [0.15, 0.2) is 30.3 Å². The fraction of sp³-hybridized carbons (Fsp3) is 0.143. The lowest BCUT2D eigenvalue weighted by Crippen LogP contribution is -2.16. The number of alkyl halides is 6. The first-order chi connectivity index (χ1) is 11.0. The molecule has 0 saturated heterocycles. The van der Waals surface area contributed by atoms with Crippen LogP contribution in [0.25, 0.3) is 0 Å². The normalized spacial score (nSPS) is 12.1. The van der Waals surface area contributed by atoms with Gasteiger partial charge in [-0.05, 0) is 30.3 Å². The predicted molar refractivity (Wildman–Crippen MR) is 70.6 cm³/mol. The quantitative estimate of drug-likeness (QED) is 0.646. The highest BCUT2D eigenvalue weighted by Gasteiger charge is 2.37. The Morgan fingerprint density at radius 3 is 1.92 bits per heavy atom. The van der Waals surface area contributed by atoms with Crippen LogP contribution in [0.5, 0.6) is 0 Å². The summed E-state index contributed by atoms with van der Waals surface area (Å²) in [4.78, 5) is 24.7. The predicted octanol–water partition coefficient (Wildman–Crippen LogP) is 4.12. The zero-order chi connectivity index (χ0) is 18.1. The maximum absolute atomic E-state index is 12.7. The van der Waals surface area contributed by atoms with Crippen molar-refractivity contribution < 1.29 is 35.9 Å². The second kappa shape index (κ2) is 6.02. The average molecular weight is 350 g/mol. The summed E-state index contributed by atoms with van der Waals surface area (Å²) in [5.41, 5.74) is -3.94. The highest BCUT2D eigenvalue weighted by atomic mass is 19.4. The van der Waals surface area contributed by atoms with Crippen molar-refractivity contribution in [2.24, 2.45) is 0 Å². The number of carbonyl (C=O) groups excluding carboxylic acids is 2. The number of hydrogen-bond acceptors (Lipinski definition) is 2. The molecule has 10 heteroatoms. The summed E-state index contributed by atoms with van der Waals surface area (Å²) in [5, 5.41) is 1.93. The topological polar surface area (TPSA) is 62.0 Å². The van der Waals surface area contributed by atoms with Crippen LogP contribution in [0, 0.1) is 0 Å². The van der Waals surface area contributed by atoms with Crippen LogP contribution in [-0.4, -0.2) is 17.2 Å². The standard InChI is InChI=1S/C14H8F6N2O2/c15-13(16,17)7-3-8(14(18,19)20)5-10(4-7)22-12(24)11-2-1-9(6-23)21-11/h1-6,21H,(H,22,24). The molecule has 0 bridgehead atoms. The molecule has 2 rings (SSSR count). The summed E-state index contributed by atoms with van der Waals surface area (Å²) in [6.45, 7) is 0. The van der Waals surface area contributed by atoms with E-state index in [0.29, 0.717) is 18.4 Å². The molecular weight excluding hydrogens is 342 g/mol. The molecule has 24 heavy (non-hydrogen) atoms. The lowest BCUT2D eigenvalue weighted by molar-refractivity contribution is -0.143. The summed E-state index contributed by atoms with van der Waals surface area (Å²) in [6, 6.07) is 3.12. The number of rotatable bonds is 3. The van der Waals surface area contributed by atoms with E-state index in [0.717, 1.165) is 6.07 Å². The van der Waals surface area contributed by atoms with Gasteiger partial charge in [0.2, 0.25) is 0 Å². The number of hydrogen-bond donors (Lipinski definition) is 2. The summed E-state index contributed by atoms with van der Waals surface area (Å²) in [5.74, 6) is -0.990. The lowest BCUT2D eigenvalue weighted by Gasteiger charge is -2.14. The lowest BCUT2D eigenvalue weighted by atomic mass is 10.1. The van der Waals surface area contributed by atoms with E-state index in [-0.39, 0.29) is 17.5 Å². The van der Waals surface area contributed by atoms with Crippen molar-refractivity contribution in [1.29, 1.82) is 0 Å². The Morgan fingerprint density at radius 2 is 1.50 bits per heavy atom. The zero-order valence-corrected chi connectivity index (χ0v) is 11.5. The molecule has 2 N–H and O–H groups in total. The first kappa shape index (κ1) is 17.6. The molecule has 2 aromatic rings. The van der Waals surface area contributed by atoms with Gasteiger partial charge >= 0.3 is 12.4 Å². The average Bonchev–Trinajstić information content (AvgIpc) is 2.94. The van der Waals surface area contributed by atoms with Crippen molar-refractivity contribution in [2.45, 2.75) is 12.4 Å². The van der Waals surface area contributed by atoms with E-state index in [1.165, 1.54) is 6.07 Å². The largest absolute Gasteiger partial charge is 0.416 e. The number of amides is 1. The molecular formula is C14H8F6N2O2. The Balaban J connectivity index is 2.38. The molecule has 0 aliphatic carbocycles. The molecule has 0 fully saturated rings. The van der Waals surface area contributed by atoms with Crippen molar-refractivity contribution >= 4 is 17.9 Å². The third kappa shape index (κ3) is 3.94. The summed E-state index contributed by atoms with van der Waals surface area (Å²) in [7, 11) is 0. The third-order valence-corrected chi connectivity index (χ3v) is 2.93. The third-order valence-electron chi connectivity index (χ3n) is 2.93. The highest BCUT2D eigenvalue weighted by molar-refractivity contribution is 6.03. The van der Waals surface area contributed by atoms with Crippen LogP contribution in [-0.2, 0) is 12.4 Å². The number of aromatic nitrogens is 1. The number of nitrogens with one attached hydrogen (secondary N) is 2. The molecule has 0 spiro atoms. The second-order valence-electron chi connectivity index (χ2n) is 4.69. The van der Waals surface area contributed by atoms with Crippen molar-refractivity contribution in [1.82, 2.24) is 4.98 Å². The van der Waals surface area contributed by atoms with E-state index >= 15 is 0 Å². The minimum atomic E-state index is -5.02. The van der Waals surface area contributed by atoms with Crippen molar-refractivity contribution in [3.63, 3.8) is 0 Å². The summed E-state index contributed by atoms with van der Waals surface area (Å²) < 4.78 is 76.3. The van der Waals surface area contributed by atoms with E-state index in [1.54, 1.807) is 0 Å². The molecule has 1 heterocycles. The molecule has 0 aliphatic heterocycles. The van der Waals surface area contributed by atoms with Crippen molar-refractivity contribution in [3.8, 4) is 0 Å². The van der Waals surface area contributed by atoms with Crippen LogP contribution in [0.3, 0.4) is 0 Å². The number of aldehydes is 1.